The summed E-state index contributed by atoms with van der Waals surface area (Å²) in [4.78, 5) is 45.4. The average Bonchev–Trinajstić information content (AvgIpc) is 2.79. The molecule has 2 heterocycles. The van der Waals surface area contributed by atoms with Gasteiger partial charge in [0.2, 0.25) is 0 Å². The standard InChI is InChI=1S/C24H23N3O5/c1-24(2,3)27-15-19(28)16-8-9-20(31-22(29)17-6-4-10-25-13-17)21(12-16)32-23(30)18-7-5-11-26-14-18/h4-14,27H,15H2,1-3H3. The van der Waals surface area contributed by atoms with Crippen LogP contribution in [0, 0.1) is 0 Å². The summed E-state index contributed by atoms with van der Waals surface area (Å²) in [6.45, 7) is 5.93. The fraction of sp³-hybridized carbons (Fsp3) is 0.208. The number of Topliss-reactive ketones (excluding diaryl/α,β-unsaturated/α-hetero) is 1. The Bertz CT molecular complexity index is 1110. The van der Waals surface area contributed by atoms with E-state index in [2.05, 4.69) is 15.3 Å². The number of benzene rings is 1. The molecule has 0 aliphatic carbocycles. The molecule has 0 aliphatic rings. The normalized spacial score (nSPS) is 11.0. The highest BCUT2D eigenvalue weighted by atomic mass is 16.6. The third kappa shape index (κ3) is 6.29. The molecule has 3 rings (SSSR count). The molecule has 8 nitrogen and oxygen atoms in total. The van der Waals surface area contributed by atoms with E-state index in [0.717, 1.165) is 0 Å². The maximum atomic E-state index is 12.6. The number of hydrogen-bond acceptors (Lipinski definition) is 8. The number of carbonyl (C=O) groups excluding carboxylic acids is 3. The monoisotopic (exact) mass is 433 g/mol. The Morgan fingerprint density at radius 1 is 0.812 bits per heavy atom. The van der Waals surface area contributed by atoms with Gasteiger partial charge in [-0.1, -0.05) is 0 Å². The number of ketones is 1. The Hall–Kier alpha value is -3.91. The van der Waals surface area contributed by atoms with Gasteiger partial charge >= 0.3 is 11.9 Å². The molecular weight excluding hydrogens is 410 g/mol. The summed E-state index contributed by atoms with van der Waals surface area (Å²) < 4.78 is 10.9. The average molecular weight is 433 g/mol. The van der Waals surface area contributed by atoms with Crippen LogP contribution in [0.3, 0.4) is 0 Å². The topological polar surface area (TPSA) is 107 Å². The molecule has 1 N–H and O–H groups in total. The molecule has 32 heavy (non-hydrogen) atoms. The van der Waals surface area contributed by atoms with Crippen molar-refractivity contribution in [1.29, 1.82) is 0 Å². The van der Waals surface area contributed by atoms with Crippen LogP contribution in [-0.2, 0) is 0 Å². The van der Waals surface area contributed by atoms with Gasteiger partial charge in [-0.25, -0.2) is 9.59 Å². The van der Waals surface area contributed by atoms with E-state index in [-0.39, 0.29) is 40.5 Å². The minimum absolute atomic E-state index is 0.00331. The van der Waals surface area contributed by atoms with E-state index in [9.17, 15) is 14.4 Å². The van der Waals surface area contributed by atoms with E-state index < -0.39 is 11.9 Å². The van der Waals surface area contributed by atoms with E-state index in [1.807, 2.05) is 20.8 Å². The van der Waals surface area contributed by atoms with Crippen LogP contribution >= 0.6 is 0 Å². The van der Waals surface area contributed by atoms with Crippen molar-refractivity contribution in [2.75, 3.05) is 6.54 Å². The Morgan fingerprint density at radius 3 is 1.88 bits per heavy atom. The second-order valence-electron chi connectivity index (χ2n) is 7.95. The highest BCUT2D eigenvalue weighted by molar-refractivity contribution is 5.99. The smallest absolute Gasteiger partial charge is 0.345 e. The van der Waals surface area contributed by atoms with Crippen molar-refractivity contribution in [1.82, 2.24) is 15.3 Å². The molecule has 0 aliphatic heterocycles. The van der Waals surface area contributed by atoms with Crippen LogP contribution in [0.1, 0.15) is 51.8 Å². The molecule has 0 fully saturated rings. The molecule has 2 aromatic heterocycles. The van der Waals surface area contributed by atoms with Crippen LogP contribution in [0.5, 0.6) is 11.5 Å². The number of hydrogen-bond donors (Lipinski definition) is 1. The zero-order valence-corrected chi connectivity index (χ0v) is 18.0. The molecular formula is C24H23N3O5. The van der Waals surface area contributed by atoms with Crippen LogP contribution in [0.2, 0.25) is 0 Å². The van der Waals surface area contributed by atoms with Crippen molar-refractivity contribution in [3.05, 3.63) is 83.9 Å². The first-order valence-corrected chi connectivity index (χ1v) is 9.89. The van der Waals surface area contributed by atoms with Crippen molar-refractivity contribution >= 4 is 17.7 Å². The second kappa shape index (κ2) is 9.93. The van der Waals surface area contributed by atoms with Gasteiger partial charge in [0.25, 0.3) is 0 Å². The van der Waals surface area contributed by atoms with Crippen LogP contribution < -0.4 is 14.8 Å². The number of ether oxygens (including phenoxy) is 2. The lowest BCUT2D eigenvalue weighted by molar-refractivity contribution is 0.0681. The third-order valence-electron chi connectivity index (χ3n) is 4.24. The lowest BCUT2D eigenvalue weighted by Gasteiger charge is -2.20. The molecule has 0 spiro atoms. The summed E-state index contributed by atoms with van der Waals surface area (Å²) in [5, 5.41) is 3.12. The molecule has 8 heteroatoms. The molecule has 0 atom stereocenters. The third-order valence-corrected chi connectivity index (χ3v) is 4.24. The first kappa shape index (κ1) is 22.8. The minimum atomic E-state index is -0.700. The number of carbonyl (C=O) groups is 3. The predicted octanol–water partition coefficient (Wildman–Crippen LogP) is 3.49. The SMILES string of the molecule is CC(C)(C)NCC(=O)c1ccc(OC(=O)c2cccnc2)c(OC(=O)c2cccnc2)c1. The van der Waals surface area contributed by atoms with Gasteiger partial charge < -0.3 is 14.8 Å². The van der Waals surface area contributed by atoms with Crippen LogP contribution in [0.15, 0.2) is 67.3 Å². The maximum absolute atomic E-state index is 12.6. The van der Waals surface area contributed by atoms with E-state index in [0.29, 0.717) is 5.56 Å². The summed E-state index contributed by atoms with van der Waals surface area (Å²) in [6.07, 6.45) is 5.77. The Kier molecular flexibility index (Phi) is 7.07. The number of aromatic nitrogens is 2. The summed E-state index contributed by atoms with van der Waals surface area (Å²) in [6, 6.07) is 10.6. The Morgan fingerprint density at radius 2 is 1.38 bits per heavy atom. The van der Waals surface area contributed by atoms with Gasteiger partial charge in [0.1, 0.15) is 0 Å². The molecule has 0 amide bonds. The van der Waals surface area contributed by atoms with Crippen LogP contribution in [-0.4, -0.2) is 39.8 Å². The molecule has 0 saturated heterocycles. The van der Waals surface area contributed by atoms with Gasteiger partial charge in [0, 0.05) is 35.9 Å². The lowest BCUT2D eigenvalue weighted by Crippen LogP contribution is -2.39. The number of nitrogens with zero attached hydrogens (tertiary/aromatic N) is 2. The van der Waals surface area contributed by atoms with Gasteiger partial charge in [0.15, 0.2) is 17.3 Å². The lowest BCUT2D eigenvalue weighted by atomic mass is 10.1. The minimum Gasteiger partial charge on any atom is -0.419 e. The van der Waals surface area contributed by atoms with Gasteiger partial charge in [-0.2, -0.15) is 0 Å². The molecule has 164 valence electrons. The van der Waals surface area contributed by atoms with Crippen molar-refractivity contribution < 1.29 is 23.9 Å². The quantitative estimate of drug-likeness (QED) is 0.343. The molecule has 3 aromatic rings. The predicted molar refractivity (Wildman–Crippen MR) is 117 cm³/mol. The van der Waals surface area contributed by atoms with E-state index in [1.54, 1.807) is 24.3 Å². The van der Waals surface area contributed by atoms with Crippen molar-refractivity contribution in [2.45, 2.75) is 26.3 Å². The number of esters is 2. The molecule has 0 saturated carbocycles. The second-order valence-corrected chi connectivity index (χ2v) is 7.95. The summed E-state index contributed by atoms with van der Waals surface area (Å²) in [5.41, 5.74) is 0.497. The molecule has 0 unspecified atom stereocenters. The van der Waals surface area contributed by atoms with E-state index >= 15 is 0 Å². The first-order valence-electron chi connectivity index (χ1n) is 9.89. The van der Waals surface area contributed by atoms with Gasteiger partial charge in [-0.05, 0) is 63.2 Å². The molecule has 1 aromatic carbocycles. The largest absolute Gasteiger partial charge is 0.419 e. The fourth-order valence-corrected chi connectivity index (χ4v) is 2.58. The number of rotatable bonds is 7. The zero-order valence-electron chi connectivity index (χ0n) is 18.0. The molecule has 0 radical (unpaired) electrons. The maximum Gasteiger partial charge on any atom is 0.345 e. The van der Waals surface area contributed by atoms with Gasteiger partial charge in [0.05, 0.1) is 17.7 Å². The van der Waals surface area contributed by atoms with Crippen LogP contribution in [0.25, 0.3) is 0 Å². The molecule has 0 bridgehead atoms. The number of nitrogens with one attached hydrogen (secondary N) is 1. The van der Waals surface area contributed by atoms with Gasteiger partial charge in [-0.15, -0.1) is 0 Å². The summed E-state index contributed by atoms with van der Waals surface area (Å²) in [7, 11) is 0. The fourth-order valence-electron chi connectivity index (χ4n) is 2.58. The van der Waals surface area contributed by atoms with Crippen molar-refractivity contribution in [3.63, 3.8) is 0 Å². The summed E-state index contributed by atoms with van der Waals surface area (Å²) in [5.74, 6) is -1.64. The van der Waals surface area contributed by atoms with Crippen molar-refractivity contribution in [2.24, 2.45) is 0 Å². The zero-order chi connectivity index (χ0) is 23.1. The van der Waals surface area contributed by atoms with Crippen LogP contribution in [0.4, 0.5) is 0 Å². The number of pyridine rings is 2. The summed E-state index contributed by atoms with van der Waals surface area (Å²) >= 11 is 0. The van der Waals surface area contributed by atoms with E-state index in [1.165, 1.54) is 43.0 Å². The highest BCUT2D eigenvalue weighted by Gasteiger charge is 2.20. The highest BCUT2D eigenvalue weighted by Crippen LogP contribution is 2.30. The van der Waals surface area contributed by atoms with E-state index in [4.69, 9.17) is 9.47 Å². The first-order chi connectivity index (χ1) is 15.2. The Balaban J connectivity index is 1.88. The Labute approximate surface area is 185 Å². The van der Waals surface area contributed by atoms with Gasteiger partial charge in [-0.3, -0.25) is 14.8 Å². The van der Waals surface area contributed by atoms with Crippen molar-refractivity contribution in [3.8, 4) is 11.5 Å².